The topological polar surface area (TPSA) is 81.7 Å². The Labute approximate surface area is 174 Å². The van der Waals surface area contributed by atoms with Gasteiger partial charge in [0.1, 0.15) is 11.6 Å². The number of benzene rings is 2. The van der Waals surface area contributed by atoms with Crippen molar-refractivity contribution in [3.63, 3.8) is 0 Å². The molecular weight excluding hydrogens is 382 g/mol. The van der Waals surface area contributed by atoms with E-state index < -0.39 is 5.41 Å². The number of carbonyl (C=O) groups excluding carboxylic acids is 1. The minimum Gasteiger partial charge on any atom is -0.495 e. The maximum absolute atomic E-state index is 13.0. The molecule has 7 nitrogen and oxygen atoms in total. The van der Waals surface area contributed by atoms with Gasteiger partial charge >= 0.3 is 0 Å². The summed E-state index contributed by atoms with van der Waals surface area (Å²) < 4.78 is 16.2. The molecule has 0 bridgehead atoms. The molecule has 1 fully saturated rings. The van der Waals surface area contributed by atoms with Gasteiger partial charge in [-0.25, -0.2) is 4.98 Å². The van der Waals surface area contributed by atoms with Gasteiger partial charge < -0.3 is 24.8 Å². The molecule has 0 atom stereocenters. The summed E-state index contributed by atoms with van der Waals surface area (Å²) in [5, 5.41) is 6.22. The molecule has 1 aliphatic carbocycles. The summed E-state index contributed by atoms with van der Waals surface area (Å²) >= 11 is 0. The van der Waals surface area contributed by atoms with E-state index in [1.54, 1.807) is 19.4 Å². The molecule has 0 spiro atoms. The first-order valence-electron chi connectivity index (χ1n) is 9.76. The molecule has 2 aromatic carbocycles. The lowest BCUT2D eigenvalue weighted by molar-refractivity contribution is -0.118. The average molecular weight is 403 g/mol. The molecule has 2 aliphatic rings. The molecule has 152 valence electrons. The van der Waals surface area contributed by atoms with Crippen LogP contribution in [0.15, 0.2) is 60.8 Å². The van der Waals surface area contributed by atoms with Crippen molar-refractivity contribution in [2.24, 2.45) is 0 Å². The van der Waals surface area contributed by atoms with E-state index in [9.17, 15) is 4.79 Å². The van der Waals surface area contributed by atoms with E-state index in [0.717, 1.165) is 41.3 Å². The third-order valence-electron chi connectivity index (χ3n) is 5.50. The molecule has 1 aromatic heterocycles. The first-order chi connectivity index (χ1) is 14.7. The highest BCUT2D eigenvalue weighted by molar-refractivity contribution is 6.01. The first-order valence-corrected chi connectivity index (χ1v) is 9.76. The number of carbonyl (C=O) groups is 1. The minimum absolute atomic E-state index is 0.0562. The number of anilines is 3. The number of hydrogen-bond donors (Lipinski definition) is 2. The van der Waals surface area contributed by atoms with Crippen molar-refractivity contribution in [2.45, 2.75) is 18.3 Å². The van der Waals surface area contributed by atoms with Gasteiger partial charge in [-0.3, -0.25) is 4.79 Å². The number of hydrogen-bond acceptors (Lipinski definition) is 6. The zero-order chi connectivity index (χ0) is 20.6. The smallest absolute Gasteiger partial charge is 0.236 e. The minimum atomic E-state index is -0.531. The molecule has 1 aliphatic heterocycles. The molecule has 2 heterocycles. The summed E-state index contributed by atoms with van der Waals surface area (Å²) in [6.07, 6.45) is 3.28. The first kappa shape index (κ1) is 18.3. The number of methoxy groups -OCH3 is 1. The Morgan fingerprint density at radius 2 is 1.90 bits per heavy atom. The van der Waals surface area contributed by atoms with Crippen LogP contribution in [-0.2, 0) is 10.2 Å². The number of pyridine rings is 1. The number of fused-ring (bicyclic) bond motifs is 1. The fourth-order valence-corrected chi connectivity index (χ4v) is 3.65. The van der Waals surface area contributed by atoms with E-state index >= 15 is 0 Å². The second kappa shape index (κ2) is 7.26. The highest BCUT2D eigenvalue weighted by Crippen LogP contribution is 2.51. The van der Waals surface area contributed by atoms with Gasteiger partial charge in [0.05, 0.1) is 30.1 Å². The van der Waals surface area contributed by atoms with Crippen molar-refractivity contribution < 1.29 is 19.0 Å². The number of nitrogens with one attached hydrogen (secondary N) is 2. The summed E-state index contributed by atoms with van der Waals surface area (Å²) in [4.78, 5) is 17.4. The van der Waals surface area contributed by atoms with Crippen molar-refractivity contribution in [1.82, 2.24) is 4.98 Å². The molecule has 7 heteroatoms. The zero-order valence-corrected chi connectivity index (χ0v) is 16.5. The third kappa shape index (κ3) is 3.28. The average Bonchev–Trinajstić information content (AvgIpc) is 3.46. The predicted octanol–water partition coefficient (Wildman–Crippen LogP) is 4.23. The third-order valence-corrected chi connectivity index (χ3v) is 5.50. The zero-order valence-electron chi connectivity index (χ0n) is 16.5. The van der Waals surface area contributed by atoms with Crippen LogP contribution in [0.4, 0.5) is 17.2 Å². The molecule has 3 aromatic rings. The van der Waals surface area contributed by atoms with Gasteiger partial charge in [0.15, 0.2) is 11.5 Å². The number of ether oxygens (including phenoxy) is 3. The second-order valence-corrected chi connectivity index (χ2v) is 7.36. The standard InChI is InChI=1S/C23H21N3O4/c1-28-18-5-3-2-4-17(18)25-16-7-9-21(24-13-16)26-22(27)23(10-11-23)15-6-8-19-20(12-15)30-14-29-19/h2-9,12-13,25H,10-11,14H2,1H3,(H,24,26,27). The highest BCUT2D eigenvalue weighted by atomic mass is 16.7. The molecule has 0 unspecified atom stereocenters. The van der Waals surface area contributed by atoms with Gasteiger partial charge in [0.25, 0.3) is 0 Å². The Hall–Kier alpha value is -3.74. The predicted molar refractivity (Wildman–Crippen MR) is 113 cm³/mol. The van der Waals surface area contributed by atoms with Gasteiger partial charge in [0.2, 0.25) is 12.7 Å². The Morgan fingerprint density at radius 3 is 2.67 bits per heavy atom. The monoisotopic (exact) mass is 403 g/mol. The molecule has 1 amide bonds. The molecular formula is C23H21N3O4. The van der Waals surface area contributed by atoms with Gasteiger partial charge in [-0.15, -0.1) is 0 Å². The normalized spacial score (nSPS) is 15.4. The quantitative estimate of drug-likeness (QED) is 0.641. The summed E-state index contributed by atoms with van der Waals surface area (Å²) in [7, 11) is 1.63. The lowest BCUT2D eigenvalue weighted by Crippen LogP contribution is -2.28. The lowest BCUT2D eigenvalue weighted by Gasteiger charge is -2.16. The Balaban J connectivity index is 1.28. The SMILES string of the molecule is COc1ccccc1Nc1ccc(NC(=O)C2(c3ccc4c(c3)OCO4)CC2)nc1. The van der Waals surface area contributed by atoms with Crippen LogP contribution < -0.4 is 24.8 Å². The van der Waals surface area contributed by atoms with Crippen LogP contribution >= 0.6 is 0 Å². The molecule has 30 heavy (non-hydrogen) atoms. The van der Waals surface area contributed by atoms with Crippen molar-refractivity contribution in [3.8, 4) is 17.2 Å². The summed E-state index contributed by atoms with van der Waals surface area (Å²) in [5.41, 5.74) is 2.06. The Bertz CT molecular complexity index is 1090. The van der Waals surface area contributed by atoms with Gasteiger partial charge in [-0.2, -0.15) is 0 Å². The van der Waals surface area contributed by atoms with Crippen molar-refractivity contribution in [3.05, 3.63) is 66.4 Å². The summed E-state index contributed by atoms with van der Waals surface area (Å²) in [6.45, 7) is 0.219. The van der Waals surface area contributed by atoms with E-state index in [4.69, 9.17) is 14.2 Å². The van der Waals surface area contributed by atoms with Crippen LogP contribution in [0.25, 0.3) is 0 Å². The van der Waals surface area contributed by atoms with Crippen LogP contribution in [0.5, 0.6) is 17.2 Å². The van der Waals surface area contributed by atoms with Crippen molar-refractivity contribution >= 4 is 23.1 Å². The Morgan fingerprint density at radius 1 is 1.07 bits per heavy atom. The fraction of sp³-hybridized carbons (Fsp3) is 0.217. The fourth-order valence-electron chi connectivity index (χ4n) is 3.65. The molecule has 2 N–H and O–H groups in total. The van der Waals surface area contributed by atoms with Gasteiger partial charge in [-0.1, -0.05) is 18.2 Å². The van der Waals surface area contributed by atoms with Crippen LogP contribution in [-0.4, -0.2) is 24.8 Å². The maximum Gasteiger partial charge on any atom is 0.236 e. The number of para-hydroxylation sites is 2. The van der Waals surface area contributed by atoms with Crippen LogP contribution in [0.2, 0.25) is 0 Å². The van der Waals surface area contributed by atoms with Gasteiger partial charge in [-0.05, 0) is 54.8 Å². The number of aromatic nitrogens is 1. The van der Waals surface area contributed by atoms with E-state index in [1.807, 2.05) is 48.5 Å². The number of amides is 1. The molecule has 5 rings (SSSR count). The largest absolute Gasteiger partial charge is 0.495 e. The van der Waals surface area contributed by atoms with E-state index in [-0.39, 0.29) is 12.7 Å². The van der Waals surface area contributed by atoms with E-state index in [1.165, 1.54) is 0 Å². The molecule has 0 saturated heterocycles. The van der Waals surface area contributed by atoms with Crippen LogP contribution in [0, 0.1) is 0 Å². The number of nitrogens with zero attached hydrogens (tertiary/aromatic N) is 1. The van der Waals surface area contributed by atoms with E-state index in [0.29, 0.717) is 11.6 Å². The highest BCUT2D eigenvalue weighted by Gasteiger charge is 2.51. The van der Waals surface area contributed by atoms with Crippen molar-refractivity contribution in [2.75, 3.05) is 24.5 Å². The lowest BCUT2D eigenvalue weighted by atomic mass is 9.94. The molecule has 1 saturated carbocycles. The van der Waals surface area contributed by atoms with E-state index in [2.05, 4.69) is 15.6 Å². The number of rotatable bonds is 6. The van der Waals surface area contributed by atoms with Crippen LogP contribution in [0.3, 0.4) is 0 Å². The second-order valence-electron chi connectivity index (χ2n) is 7.36. The Kier molecular flexibility index (Phi) is 4.43. The van der Waals surface area contributed by atoms with Crippen molar-refractivity contribution in [1.29, 1.82) is 0 Å². The van der Waals surface area contributed by atoms with Gasteiger partial charge in [0, 0.05) is 0 Å². The summed E-state index contributed by atoms with van der Waals surface area (Å²) in [6, 6.07) is 17.0. The maximum atomic E-state index is 13.0. The molecule has 0 radical (unpaired) electrons. The van der Waals surface area contributed by atoms with Crippen LogP contribution in [0.1, 0.15) is 18.4 Å². The summed E-state index contributed by atoms with van der Waals surface area (Å²) in [5.74, 6) is 2.61.